The van der Waals surface area contributed by atoms with Crippen LogP contribution in [0.5, 0.6) is 0 Å². The van der Waals surface area contributed by atoms with E-state index in [1.807, 2.05) is 101 Å². The number of pyridine rings is 1. The van der Waals surface area contributed by atoms with E-state index in [0.29, 0.717) is 17.5 Å². The SMILES string of the molecule is [HH].[HH].c1ccc(-c2ccc(-c3cccc4c3sc3c(-c5cccc(-c6nc(-c7ccccc7)nc(-c7ccccc7)n6)c5)cccc34)cc2)cc1.c1ccc(-c2cccc3c2sc2c(-c4cccc(-c5ccc6c7ccccc7c7ccccc7c6c5)c4)cccc23)cc1.c1ccc2cc(-c3c4ccccc4c(-c4ccc5ccccc5c4)c4cc(-c5nccc6c5sc5ccccc56)ccc34)ccc2c1. The average Bonchev–Trinajstić information content (AvgIpc) is 1.73. The number of nitrogens with zero attached hydrogens (tertiary/aromatic N) is 4. The average molecular weight is 1820 g/mol. The van der Waals surface area contributed by atoms with Gasteiger partial charge in [-0.1, -0.05) is 443 Å². The number of aromatic nitrogens is 4. The van der Waals surface area contributed by atoms with Crippen LogP contribution in [0.1, 0.15) is 2.85 Å². The summed E-state index contributed by atoms with van der Waals surface area (Å²) in [5, 5.41) is 25.6. The molecule has 0 bridgehead atoms. The van der Waals surface area contributed by atoms with Crippen molar-refractivity contribution in [2.24, 2.45) is 0 Å². The lowest BCUT2D eigenvalue weighted by Gasteiger charge is -2.19. The Balaban J connectivity index is 0.000000114. The molecular formula is C132H86N4S3. The smallest absolute Gasteiger partial charge is 0.164 e. The molecule has 5 aromatic heterocycles. The maximum atomic E-state index is 5.01. The van der Waals surface area contributed by atoms with Crippen molar-refractivity contribution in [3.63, 3.8) is 0 Å². The van der Waals surface area contributed by atoms with Crippen molar-refractivity contribution in [2.45, 2.75) is 0 Å². The normalized spacial score (nSPS) is 11.6. The Morgan fingerprint density at radius 1 is 0.151 bits per heavy atom. The third-order valence-electron chi connectivity index (χ3n) is 27.5. The molecule has 0 aliphatic rings. The topological polar surface area (TPSA) is 51.6 Å². The van der Waals surface area contributed by atoms with Crippen molar-refractivity contribution >= 4 is 170 Å². The van der Waals surface area contributed by atoms with E-state index in [-0.39, 0.29) is 2.85 Å². The lowest BCUT2D eigenvalue weighted by atomic mass is 9.84. The van der Waals surface area contributed by atoms with Crippen LogP contribution in [-0.4, -0.2) is 19.9 Å². The molecular weight excluding hydrogens is 1740 g/mol. The molecule has 0 aliphatic heterocycles. The van der Waals surface area contributed by atoms with Gasteiger partial charge in [-0.15, -0.1) is 34.0 Å². The van der Waals surface area contributed by atoms with Gasteiger partial charge in [0.2, 0.25) is 0 Å². The fourth-order valence-corrected chi connectivity index (χ4v) is 24.8. The van der Waals surface area contributed by atoms with Crippen molar-refractivity contribution in [1.82, 2.24) is 19.9 Å². The fourth-order valence-electron chi connectivity index (χ4n) is 20.9. The molecule has 5 heterocycles. The van der Waals surface area contributed by atoms with Gasteiger partial charge in [0.1, 0.15) is 0 Å². The number of hydrogen-bond donors (Lipinski definition) is 0. The quantitative estimate of drug-likeness (QED) is 0.0903. The molecule has 0 unspecified atom stereocenters. The van der Waals surface area contributed by atoms with Crippen LogP contribution >= 0.6 is 34.0 Å². The van der Waals surface area contributed by atoms with Gasteiger partial charge in [-0.3, -0.25) is 4.98 Å². The molecule has 139 heavy (non-hydrogen) atoms. The Kier molecular flexibility index (Phi) is 20.9. The fraction of sp³-hybridized carbons (Fsp3) is 0. The summed E-state index contributed by atoms with van der Waals surface area (Å²) in [6.45, 7) is 0. The van der Waals surface area contributed by atoms with E-state index < -0.39 is 0 Å². The number of thiophene rings is 3. The Morgan fingerprint density at radius 3 is 0.986 bits per heavy atom. The summed E-state index contributed by atoms with van der Waals surface area (Å²) >= 11 is 5.61. The molecule has 652 valence electrons. The number of hydrogen-bond acceptors (Lipinski definition) is 7. The first-order chi connectivity index (χ1) is 68.9. The van der Waals surface area contributed by atoms with Crippen LogP contribution in [-0.2, 0) is 0 Å². The molecule has 28 rings (SSSR count). The lowest BCUT2D eigenvalue weighted by molar-refractivity contribution is 1.07. The largest absolute Gasteiger partial charge is 0.255 e. The van der Waals surface area contributed by atoms with Crippen LogP contribution in [0.3, 0.4) is 0 Å². The molecule has 0 saturated heterocycles. The molecule has 0 fully saturated rings. The van der Waals surface area contributed by atoms with Crippen molar-refractivity contribution in [2.75, 3.05) is 0 Å². The Morgan fingerprint density at radius 2 is 0.460 bits per heavy atom. The van der Waals surface area contributed by atoms with Gasteiger partial charge >= 0.3 is 0 Å². The summed E-state index contributed by atoms with van der Waals surface area (Å²) in [7, 11) is 0. The van der Waals surface area contributed by atoms with Crippen LogP contribution < -0.4 is 0 Å². The van der Waals surface area contributed by atoms with Gasteiger partial charge < -0.3 is 0 Å². The standard InChI is InChI=1S/C45H29N3S.C45H27NS.C42H26S.2H2/c1-4-13-30(14-5-1)31-25-27-32(28-26-31)37-21-11-23-39-40-24-12-22-38(42(40)49-41(37)39)35-19-10-20-36(29-35)45-47-43(33-15-6-2-7-16-33)46-44(48-45)34-17-8-3-9-18-34;1-3-11-30-25-32(19-17-28(30)9-1)42-36-14-5-6-15-37(36)43(33-20-18-29-10-2-4-12-31(29)26-33)40-27-34(21-22-38(40)42)44-45-39(23-24-46-44)35-13-7-8-16-41(35)47-45;1-2-11-27(12-3-1)31-19-9-21-38-39-22-10-20-32(42(39)43-41(31)38)30-14-8-13-28(25-30)29-23-24-37-35-17-5-4-15-33(35)34-16-6-7-18-36(34)40(37)26-29;;/h1-29H;1-27H;1-26H;2*1H. The van der Waals surface area contributed by atoms with E-state index in [2.05, 4.69) is 431 Å². The summed E-state index contributed by atoms with van der Waals surface area (Å²) in [6.07, 6.45) is 1.96. The minimum Gasteiger partial charge on any atom is -0.255 e. The van der Waals surface area contributed by atoms with Crippen molar-refractivity contribution in [3.8, 4) is 134 Å². The lowest BCUT2D eigenvalue weighted by Crippen LogP contribution is -2.00. The van der Waals surface area contributed by atoms with Crippen molar-refractivity contribution < 1.29 is 2.85 Å². The summed E-state index contributed by atoms with van der Waals surface area (Å²) in [5.41, 5.74) is 24.9. The zero-order chi connectivity index (χ0) is 91.8. The zero-order valence-corrected chi connectivity index (χ0v) is 77.8. The molecule has 0 amide bonds. The number of fused-ring (bicyclic) bond motifs is 19. The molecule has 23 aromatic carbocycles. The molecule has 4 nitrogen and oxygen atoms in total. The maximum Gasteiger partial charge on any atom is 0.164 e. The highest BCUT2D eigenvalue weighted by molar-refractivity contribution is 7.27. The highest BCUT2D eigenvalue weighted by Gasteiger charge is 2.24. The van der Waals surface area contributed by atoms with Gasteiger partial charge in [0, 0.05) is 87.1 Å². The molecule has 7 heteroatoms. The minimum atomic E-state index is 0. The summed E-state index contributed by atoms with van der Waals surface area (Å²) in [4.78, 5) is 19.9. The predicted octanol–water partition coefficient (Wildman–Crippen LogP) is 38.3. The van der Waals surface area contributed by atoms with Crippen LogP contribution in [0.2, 0.25) is 0 Å². The second-order valence-electron chi connectivity index (χ2n) is 35.6. The predicted molar refractivity (Wildman–Crippen MR) is 601 cm³/mol. The first kappa shape index (κ1) is 82.4. The van der Waals surface area contributed by atoms with E-state index in [1.165, 1.54) is 219 Å². The second kappa shape index (κ2) is 35.2. The van der Waals surface area contributed by atoms with Crippen molar-refractivity contribution in [3.05, 3.63) is 498 Å². The second-order valence-corrected chi connectivity index (χ2v) is 38.7. The van der Waals surface area contributed by atoms with Crippen LogP contribution in [0.15, 0.2) is 498 Å². The zero-order valence-electron chi connectivity index (χ0n) is 75.4. The molecule has 0 N–H and O–H groups in total. The summed E-state index contributed by atoms with van der Waals surface area (Å²) < 4.78 is 7.78. The number of benzene rings is 23. The Bertz CT molecular complexity index is 9630. The van der Waals surface area contributed by atoms with E-state index in [4.69, 9.17) is 19.9 Å². The van der Waals surface area contributed by atoms with Gasteiger partial charge in [0.05, 0.1) is 10.4 Å². The molecule has 0 aliphatic carbocycles. The Labute approximate surface area is 818 Å². The van der Waals surface area contributed by atoms with E-state index in [1.54, 1.807) is 0 Å². The van der Waals surface area contributed by atoms with E-state index in [0.717, 1.165) is 33.5 Å². The highest BCUT2D eigenvalue weighted by atomic mass is 32.1. The Hall–Kier alpha value is -17.3. The van der Waals surface area contributed by atoms with E-state index in [9.17, 15) is 0 Å². The van der Waals surface area contributed by atoms with Crippen LogP contribution in [0.25, 0.3) is 270 Å². The van der Waals surface area contributed by atoms with Gasteiger partial charge in [-0.25, -0.2) is 15.0 Å². The molecule has 0 saturated carbocycles. The monoisotopic (exact) mass is 1820 g/mol. The van der Waals surface area contributed by atoms with Gasteiger partial charge in [0.15, 0.2) is 17.5 Å². The molecule has 28 aromatic rings. The first-order valence-electron chi connectivity index (χ1n) is 47.2. The molecule has 0 atom stereocenters. The third-order valence-corrected chi connectivity index (χ3v) is 31.3. The maximum absolute atomic E-state index is 5.01. The first-order valence-corrected chi connectivity index (χ1v) is 49.6. The molecule has 0 radical (unpaired) electrons. The van der Waals surface area contributed by atoms with Gasteiger partial charge in [0.25, 0.3) is 0 Å². The van der Waals surface area contributed by atoms with Crippen LogP contribution in [0, 0.1) is 0 Å². The minimum absolute atomic E-state index is 0. The summed E-state index contributed by atoms with van der Waals surface area (Å²) in [5.74, 6) is 1.97. The third kappa shape index (κ3) is 15.0. The summed E-state index contributed by atoms with van der Waals surface area (Å²) in [6, 6.07) is 177. The van der Waals surface area contributed by atoms with Gasteiger partial charge in [-0.2, -0.15) is 0 Å². The van der Waals surface area contributed by atoms with Gasteiger partial charge in [-0.05, 0) is 213 Å². The highest BCUT2D eigenvalue weighted by Crippen LogP contribution is 2.51. The van der Waals surface area contributed by atoms with Crippen LogP contribution in [0.4, 0.5) is 0 Å². The molecule has 0 spiro atoms. The van der Waals surface area contributed by atoms with E-state index >= 15 is 0 Å². The number of rotatable bonds is 12. The van der Waals surface area contributed by atoms with Crippen molar-refractivity contribution in [1.29, 1.82) is 0 Å².